The first-order valence-electron chi connectivity index (χ1n) is 5.07. The molecule has 0 unspecified atom stereocenters. The number of aryl methyl sites for hydroxylation is 1. The van der Waals surface area contributed by atoms with Gasteiger partial charge in [0.25, 0.3) is 0 Å². The van der Waals surface area contributed by atoms with Crippen molar-refractivity contribution in [2.75, 3.05) is 0 Å². The van der Waals surface area contributed by atoms with Crippen LogP contribution < -0.4 is 5.73 Å². The first kappa shape index (κ1) is 8.76. The maximum Gasteiger partial charge on any atom is 0.0409 e. The standard InChI is InChI=1S/C12H17N/c1-10-4-6-11(7-5-10)12(13)8-2-3-9-12/h4-7H,2-3,8-9,13H2,1H3. The molecule has 0 amide bonds. The lowest BCUT2D eigenvalue weighted by atomic mass is 9.89. The quantitative estimate of drug-likeness (QED) is 0.697. The first-order chi connectivity index (χ1) is 6.21. The first-order valence-corrected chi connectivity index (χ1v) is 5.07. The third-order valence-corrected chi connectivity index (χ3v) is 3.12. The Labute approximate surface area is 80.0 Å². The van der Waals surface area contributed by atoms with Crippen molar-refractivity contribution in [3.63, 3.8) is 0 Å². The van der Waals surface area contributed by atoms with Gasteiger partial charge in [-0.2, -0.15) is 0 Å². The molecule has 1 aliphatic carbocycles. The Bertz CT molecular complexity index is 280. The third-order valence-electron chi connectivity index (χ3n) is 3.12. The summed E-state index contributed by atoms with van der Waals surface area (Å²) in [5.41, 5.74) is 8.94. The maximum atomic E-state index is 6.33. The van der Waals surface area contributed by atoms with Crippen LogP contribution in [-0.4, -0.2) is 0 Å². The molecule has 0 heterocycles. The lowest BCUT2D eigenvalue weighted by Gasteiger charge is -2.24. The van der Waals surface area contributed by atoms with Crippen molar-refractivity contribution in [1.82, 2.24) is 0 Å². The summed E-state index contributed by atoms with van der Waals surface area (Å²) in [5, 5.41) is 0. The van der Waals surface area contributed by atoms with E-state index in [1.807, 2.05) is 0 Å². The Morgan fingerprint density at radius 3 is 2.15 bits per heavy atom. The molecular weight excluding hydrogens is 158 g/mol. The van der Waals surface area contributed by atoms with Gasteiger partial charge in [-0.3, -0.25) is 0 Å². The van der Waals surface area contributed by atoms with E-state index in [4.69, 9.17) is 5.73 Å². The molecule has 0 atom stereocenters. The van der Waals surface area contributed by atoms with Crippen LogP contribution in [0.25, 0.3) is 0 Å². The largest absolute Gasteiger partial charge is 0.321 e. The van der Waals surface area contributed by atoms with E-state index in [0.29, 0.717) is 0 Å². The minimum absolute atomic E-state index is 0.0201. The van der Waals surface area contributed by atoms with E-state index in [0.717, 1.165) is 12.8 Å². The minimum Gasteiger partial charge on any atom is -0.321 e. The maximum absolute atomic E-state index is 6.33. The third kappa shape index (κ3) is 1.61. The minimum atomic E-state index is -0.0201. The molecule has 1 nitrogen and oxygen atoms in total. The molecule has 0 aromatic heterocycles. The smallest absolute Gasteiger partial charge is 0.0409 e. The van der Waals surface area contributed by atoms with Gasteiger partial charge < -0.3 is 5.73 Å². The molecular formula is C12H17N. The molecule has 1 aliphatic rings. The number of hydrogen-bond donors (Lipinski definition) is 1. The molecule has 1 aromatic rings. The van der Waals surface area contributed by atoms with E-state index in [-0.39, 0.29) is 5.54 Å². The molecule has 0 spiro atoms. The Balaban J connectivity index is 2.29. The van der Waals surface area contributed by atoms with E-state index in [9.17, 15) is 0 Å². The van der Waals surface area contributed by atoms with E-state index >= 15 is 0 Å². The van der Waals surface area contributed by atoms with E-state index in [1.54, 1.807) is 0 Å². The van der Waals surface area contributed by atoms with Crippen LogP contribution in [0.2, 0.25) is 0 Å². The number of hydrogen-bond acceptors (Lipinski definition) is 1. The molecule has 13 heavy (non-hydrogen) atoms. The molecule has 1 saturated carbocycles. The Hall–Kier alpha value is -0.820. The monoisotopic (exact) mass is 175 g/mol. The van der Waals surface area contributed by atoms with Crippen LogP contribution in [0.1, 0.15) is 36.8 Å². The Morgan fingerprint density at radius 2 is 1.62 bits per heavy atom. The number of rotatable bonds is 1. The Kier molecular flexibility index (Phi) is 2.12. The SMILES string of the molecule is Cc1ccc(C2(N)CCCC2)cc1. The molecule has 70 valence electrons. The van der Waals surface area contributed by atoms with Crippen molar-refractivity contribution in [3.8, 4) is 0 Å². The fourth-order valence-corrected chi connectivity index (χ4v) is 2.18. The molecule has 0 saturated heterocycles. The molecule has 1 heteroatoms. The molecule has 0 bridgehead atoms. The summed E-state index contributed by atoms with van der Waals surface area (Å²) in [7, 11) is 0. The summed E-state index contributed by atoms with van der Waals surface area (Å²) in [5.74, 6) is 0. The average Bonchev–Trinajstić information content (AvgIpc) is 2.54. The molecule has 1 aromatic carbocycles. The van der Waals surface area contributed by atoms with Gasteiger partial charge in [-0.25, -0.2) is 0 Å². The summed E-state index contributed by atoms with van der Waals surface area (Å²) in [6.07, 6.45) is 4.86. The second-order valence-electron chi connectivity index (χ2n) is 4.23. The van der Waals surface area contributed by atoms with Gasteiger partial charge >= 0.3 is 0 Å². The molecule has 0 aliphatic heterocycles. The van der Waals surface area contributed by atoms with E-state index < -0.39 is 0 Å². The van der Waals surface area contributed by atoms with Gasteiger partial charge in [0, 0.05) is 5.54 Å². The molecule has 2 rings (SSSR count). The van der Waals surface area contributed by atoms with Crippen molar-refractivity contribution in [2.24, 2.45) is 5.73 Å². The van der Waals surface area contributed by atoms with Crippen LogP contribution in [0, 0.1) is 6.92 Å². The van der Waals surface area contributed by atoms with Gasteiger partial charge in [-0.05, 0) is 25.3 Å². The van der Waals surface area contributed by atoms with Crippen molar-refractivity contribution in [2.45, 2.75) is 38.1 Å². The van der Waals surface area contributed by atoms with Crippen LogP contribution in [0.3, 0.4) is 0 Å². The fraction of sp³-hybridized carbons (Fsp3) is 0.500. The van der Waals surface area contributed by atoms with Gasteiger partial charge in [0.2, 0.25) is 0 Å². The molecule has 1 fully saturated rings. The highest BCUT2D eigenvalue weighted by atomic mass is 14.8. The Morgan fingerprint density at radius 1 is 1.08 bits per heavy atom. The van der Waals surface area contributed by atoms with E-state index in [2.05, 4.69) is 31.2 Å². The highest BCUT2D eigenvalue weighted by Gasteiger charge is 2.30. The topological polar surface area (TPSA) is 26.0 Å². The van der Waals surface area contributed by atoms with Gasteiger partial charge in [0.1, 0.15) is 0 Å². The van der Waals surface area contributed by atoms with Crippen LogP contribution >= 0.6 is 0 Å². The average molecular weight is 175 g/mol. The zero-order valence-corrected chi connectivity index (χ0v) is 8.22. The van der Waals surface area contributed by atoms with Gasteiger partial charge in [-0.1, -0.05) is 42.7 Å². The summed E-state index contributed by atoms with van der Waals surface area (Å²) in [4.78, 5) is 0. The molecule has 2 N–H and O–H groups in total. The summed E-state index contributed by atoms with van der Waals surface area (Å²) >= 11 is 0. The highest BCUT2D eigenvalue weighted by molar-refractivity contribution is 5.28. The number of benzene rings is 1. The van der Waals surface area contributed by atoms with Gasteiger partial charge in [-0.15, -0.1) is 0 Å². The van der Waals surface area contributed by atoms with Crippen LogP contribution in [0.4, 0.5) is 0 Å². The van der Waals surface area contributed by atoms with Crippen LogP contribution in [0.5, 0.6) is 0 Å². The zero-order valence-electron chi connectivity index (χ0n) is 8.22. The van der Waals surface area contributed by atoms with Gasteiger partial charge in [0.05, 0.1) is 0 Å². The fourth-order valence-electron chi connectivity index (χ4n) is 2.18. The van der Waals surface area contributed by atoms with Gasteiger partial charge in [0.15, 0.2) is 0 Å². The summed E-state index contributed by atoms with van der Waals surface area (Å²) in [6.45, 7) is 2.11. The number of nitrogens with two attached hydrogens (primary N) is 1. The second kappa shape index (κ2) is 3.15. The zero-order chi connectivity index (χ0) is 9.31. The van der Waals surface area contributed by atoms with Crippen molar-refractivity contribution < 1.29 is 0 Å². The van der Waals surface area contributed by atoms with Crippen LogP contribution in [0.15, 0.2) is 24.3 Å². The predicted molar refractivity (Wildman–Crippen MR) is 55.5 cm³/mol. The highest BCUT2D eigenvalue weighted by Crippen LogP contribution is 2.36. The summed E-state index contributed by atoms with van der Waals surface area (Å²) in [6, 6.07) is 8.67. The van der Waals surface area contributed by atoms with Crippen molar-refractivity contribution >= 4 is 0 Å². The summed E-state index contributed by atoms with van der Waals surface area (Å²) < 4.78 is 0. The van der Waals surface area contributed by atoms with Crippen molar-refractivity contribution in [1.29, 1.82) is 0 Å². The lowest BCUT2D eigenvalue weighted by molar-refractivity contribution is 0.461. The lowest BCUT2D eigenvalue weighted by Crippen LogP contribution is -2.32. The van der Waals surface area contributed by atoms with Crippen molar-refractivity contribution in [3.05, 3.63) is 35.4 Å². The van der Waals surface area contributed by atoms with Crippen LogP contribution in [-0.2, 0) is 5.54 Å². The van der Waals surface area contributed by atoms with E-state index in [1.165, 1.54) is 24.0 Å². The normalized spacial score (nSPS) is 20.5. The molecule has 0 radical (unpaired) electrons. The predicted octanol–water partition coefficient (Wildman–Crippen LogP) is 2.72. The second-order valence-corrected chi connectivity index (χ2v) is 4.23.